The fraction of sp³-hybridized carbons (Fsp3) is 0.462. The number of nitrogens with zero attached hydrogens (tertiary/aromatic N) is 2. The molecule has 1 saturated heterocycles. The van der Waals surface area contributed by atoms with E-state index in [1.165, 1.54) is 18.7 Å². The van der Waals surface area contributed by atoms with Crippen LogP contribution in [0, 0.1) is 17.7 Å². The summed E-state index contributed by atoms with van der Waals surface area (Å²) in [5, 5.41) is 19.3. The van der Waals surface area contributed by atoms with E-state index >= 15 is 0 Å². The maximum absolute atomic E-state index is 14.4. The highest BCUT2D eigenvalue weighted by atomic mass is 19.1. The smallest absolute Gasteiger partial charge is 0.131 e. The molecule has 2 aromatic carbocycles. The van der Waals surface area contributed by atoms with Gasteiger partial charge in [-0.05, 0) is 44.0 Å². The van der Waals surface area contributed by atoms with Gasteiger partial charge in [0.1, 0.15) is 17.2 Å². The standard InChI is InChI=1S/C26H33FN2O3/c1-26(2,31)12-10-20-4-6-21(7-5-20)17-28-13-14-29(23(19-28)11-15-30)18-22-8-9-24(32-3)16-25(22)27/h4-9,16,23,30-31H,11,13-15,17-19H2,1-3H3/t23-/m0/s1. The highest BCUT2D eigenvalue weighted by Gasteiger charge is 2.27. The van der Waals surface area contributed by atoms with E-state index in [0.29, 0.717) is 24.3 Å². The summed E-state index contributed by atoms with van der Waals surface area (Å²) in [6.07, 6.45) is 0.653. The lowest BCUT2D eigenvalue weighted by Crippen LogP contribution is -2.52. The number of aliphatic hydroxyl groups is 2. The van der Waals surface area contributed by atoms with Crippen molar-refractivity contribution in [3.63, 3.8) is 0 Å². The van der Waals surface area contributed by atoms with Crippen molar-refractivity contribution in [2.75, 3.05) is 33.4 Å². The molecular formula is C26H33FN2O3. The molecule has 0 amide bonds. The van der Waals surface area contributed by atoms with Gasteiger partial charge in [-0.25, -0.2) is 4.39 Å². The molecule has 1 atom stereocenters. The van der Waals surface area contributed by atoms with Gasteiger partial charge in [-0.1, -0.05) is 30.0 Å². The van der Waals surface area contributed by atoms with Crippen LogP contribution in [-0.2, 0) is 13.1 Å². The maximum Gasteiger partial charge on any atom is 0.131 e. The molecule has 0 bridgehead atoms. The summed E-state index contributed by atoms with van der Waals surface area (Å²) in [5.41, 5.74) is 1.70. The van der Waals surface area contributed by atoms with Crippen LogP contribution in [-0.4, -0.2) is 65.0 Å². The summed E-state index contributed by atoms with van der Waals surface area (Å²) in [7, 11) is 1.53. The summed E-state index contributed by atoms with van der Waals surface area (Å²) >= 11 is 0. The van der Waals surface area contributed by atoms with Gasteiger partial charge >= 0.3 is 0 Å². The van der Waals surface area contributed by atoms with Crippen LogP contribution in [0.25, 0.3) is 0 Å². The van der Waals surface area contributed by atoms with Crippen molar-refractivity contribution in [1.82, 2.24) is 9.80 Å². The number of methoxy groups -OCH3 is 1. The normalized spacial score (nSPS) is 17.6. The molecule has 0 spiro atoms. The molecule has 0 saturated carbocycles. The first kappa shape index (κ1) is 24.2. The molecule has 0 aliphatic carbocycles. The molecule has 0 unspecified atom stereocenters. The Morgan fingerprint density at radius 1 is 1.12 bits per heavy atom. The lowest BCUT2D eigenvalue weighted by molar-refractivity contribution is 0.0493. The highest BCUT2D eigenvalue weighted by molar-refractivity contribution is 5.37. The highest BCUT2D eigenvalue weighted by Crippen LogP contribution is 2.22. The van der Waals surface area contributed by atoms with Crippen LogP contribution in [0.2, 0.25) is 0 Å². The van der Waals surface area contributed by atoms with Crippen molar-refractivity contribution >= 4 is 0 Å². The Kier molecular flexibility index (Phi) is 8.27. The number of rotatable bonds is 7. The van der Waals surface area contributed by atoms with Crippen LogP contribution in [0.3, 0.4) is 0 Å². The van der Waals surface area contributed by atoms with Crippen LogP contribution in [0.15, 0.2) is 42.5 Å². The number of hydrogen-bond acceptors (Lipinski definition) is 5. The van der Waals surface area contributed by atoms with Crippen LogP contribution in [0.1, 0.15) is 37.0 Å². The molecule has 1 heterocycles. The maximum atomic E-state index is 14.4. The van der Waals surface area contributed by atoms with Gasteiger partial charge in [-0.15, -0.1) is 0 Å². The van der Waals surface area contributed by atoms with Gasteiger partial charge in [0.05, 0.1) is 7.11 Å². The zero-order valence-corrected chi connectivity index (χ0v) is 19.1. The molecule has 1 aliphatic rings. The molecule has 172 valence electrons. The summed E-state index contributed by atoms with van der Waals surface area (Å²) < 4.78 is 19.5. The third-order valence-electron chi connectivity index (χ3n) is 5.66. The van der Waals surface area contributed by atoms with Crippen molar-refractivity contribution in [3.8, 4) is 17.6 Å². The minimum atomic E-state index is -1.01. The second kappa shape index (κ2) is 10.9. The first-order valence-electron chi connectivity index (χ1n) is 11.0. The van der Waals surface area contributed by atoms with Crippen LogP contribution in [0.4, 0.5) is 4.39 Å². The van der Waals surface area contributed by atoms with Crippen LogP contribution < -0.4 is 4.74 Å². The monoisotopic (exact) mass is 440 g/mol. The van der Waals surface area contributed by atoms with Gasteiger partial charge in [0, 0.05) is 62.6 Å². The zero-order valence-electron chi connectivity index (χ0n) is 19.1. The Morgan fingerprint density at radius 3 is 2.50 bits per heavy atom. The molecule has 2 aromatic rings. The summed E-state index contributed by atoms with van der Waals surface area (Å²) in [6, 6.07) is 13.2. The number of aliphatic hydroxyl groups excluding tert-OH is 1. The minimum absolute atomic E-state index is 0.106. The number of piperazine rings is 1. The first-order valence-corrected chi connectivity index (χ1v) is 11.0. The number of halogens is 1. The minimum Gasteiger partial charge on any atom is -0.497 e. The van der Waals surface area contributed by atoms with Crippen LogP contribution >= 0.6 is 0 Å². The third kappa shape index (κ3) is 7.04. The molecule has 1 fully saturated rings. The van der Waals surface area contributed by atoms with Gasteiger partial charge in [0.2, 0.25) is 0 Å². The Labute approximate surface area is 190 Å². The van der Waals surface area contributed by atoms with Gasteiger partial charge in [0.15, 0.2) is 0 Å². The molecule has 2 N–H and O–H groups in total. The van der Waals surface area contributed by atoms with E-state index in [1.807, 2.05) is 12.1 Å². The quantitative estimate of drug-likeness (QED) is 0.649. The Balaban J connectivity index is 1.61. The molecule has 3 rings (SSSR count). The largest absolute Gasteiger partial charge is 0.497 e. The fourth-order valence-electron chi connectivity index (χ4n) is 3.91. The first-order chi connectivity index (χ1) is 15.3. The average Bonchev–Trinajstić information content (AvgIpc) is 2.76. The van der Waals surface area contributed by atoms with E-state index in [4.69, 9.17) is 4.74 Å². The molecule has 0 aromatic heterocycles. The van der Waals surface area contributed by atoms with Gasteiger partial charge in [-0.2, -0.15) is 0 Å². The van der Waals surface area contributed by atoms with Crippen molar-refractivity contribution in [1.29, 1.82) is 0 Å². The van der Waals surface area contributed by atoms with Crippen molar-refractivity contribution in [2.24, 2.45) is 0 Å². The Bertz CT molecular complexity index is 944. The molecule has 6 heteroatoms. The number of ether oxygens (including phenoxy) is 1. The van der Waals surface area contributed by atoms with Crippen molar-refractivity contribution in [2.45, 2.75) is 45.0 Å². The predicted molar refractivity (Wildman–Crippen MR) is 124 cm³/mol. The second-order valence-corrected chi connectivity index (χ2v) is 8.83. The van der Waals surface area contributed by atoms with E-state index < -0.39 is 5.60 Å². The van der Waals surface area contributed by atoms with Gasteiger partial charge in [-0.3, -0.25) is 9.80 Å². The molecule has 1 aliphatic heterocycles. The molecule has 32 heavy (non-hydrogen) atoms. The fourth-order valence-corrected chi connectivity index (χ4v) is 3.91. The SMILES string of the molecule is COc1ccc(CN2CCN(Cc3ccc(C#CC(C)(C)O)cc3)C[C@@H]2CCO)c(F)c1. The topological polar surface area (TPSA) is 56.2 Å². The third-order valence-corrected chi connectivity index (χ3v) is 5.66. The zero-order chi connectivity index (χ0) is 23.1. The Hall–Kier alpha value is -2.43. The second-order valence-electron chi connectivity index (χ2n) is 8.83. The predicted octanol–water partition coefficient (Wildman–Crippen LogP) is 3.03. The molecule has 0 radical (unpaired) electrons. The van der Waals surface area contributed by atoms with E-state index in [-0.39, 0.29) is 18.5 Å². The van der Waals surface area contributed by atoms with Crippen molar-refractivity contribution in [3.05, 3.63) is 65.0 Å². The van der Waals surface area contributed by atoms with E-state index in [9.17, 15) is 14.6 Å². The van der Waals surface area contributed by atoms with E-state index in [0.717, 1.165) is 31.7 Å². The molecular weight excluding hydrogens is 407 g/mol. The summed E-state index contributed by atoms with van der Waals surface area (Å²) in [6.45, 7) is 7.27. The lowest BCUT2D eigenvalue weighted by Gasteiger charge is -2.41. The summed E-state index contributed by atoms with van der Waals surface area (Å²) in [4.78, 5) is 4.63. The summed E-state index contributed by atoms with van der Waals surface area (Å²) in [5.74, 6) is 6.07. The van der Waals surface area contributed by atoms with Crippen LogP contribution in [0.5, 0.6) is 5.75 Å². The average molecular weight is 441 g/mol. The number of hydrogen-bond donors (Lipinski definition) is 2. The van der Waals surface area contributed by atoms with E-state index in [2.05, 4.69) is 33.8 Å². The van der Waals surface area contributed by atoms with E-state index in [1.54, 1.807) is 26.0 Å². The lowest BCUT2D eigenvalue weighted by atomic mass is 10.0. The van der Waals surface area contributed by atoms with Crippen molar-refractivity contribution < 1.29 is 19.3 Å². The number of benzene rings is 2. The van der Waals surface area contributed by atoms with Gasteiger partial charge < -0.3 is 14.9 Å². The van der Waals surface area contributed by atoms with Gasteiger partial charge in [0.25, 0.3) is 0 Å². The molecule has 5 nitrogen and oxygen atoms in total. The Morgan fingerprint density at radius 2 is 1.88 bits per heavy atom.